The van der Waals surface area contributed by atoms with E-state index in [2.05, 4.69) is 5.32 Å². The number of hydrogen-bond donors (Lipinski definition) is 2. The van der Waals surface area contributed by atoms with Crippen molar-refractivity contribution in [2.75, 3.05) is 33.7 Å². The molecule has 0 aromatic carbocycles. The van der Waals surface area contributed by atoms with Gasteiger partial charge in [-0.25, -0.2) is 4.79 Å². The summed E-state index contributed by atoms with van der Waals surface area (Å²) in [6.45, 7) is 2.33. The van der Waals surface area contributed by atoms with Gasteiger partial charge in [0.1, 0.15) is 0 Å². The van der Waals surface area contributed by atoms with Crippen LogP contribution in [0.25, 0.3) is 0 Å². The van der Waals surface area contributed by atoms with Crippen molar-refractivity contribution in [3.8, 4) is 0 Å². The zero-order chi connectivity index (χ0) is 13.1. The summed E-state index contributed by atoms with van der Waals surface area (Å²) >= 11 is 0. The van der Waals surface area contributed by atoms with E-state index in [0.717, 1.165) is 25.9 Å². The topological polar surface area (TPSA) is 55.8 Å². The van der Waals surface area contributed by atoms with Gasteiger partial charge in [0, 0.05) is 39.8 Å². The standard InChI is InChI=1S/C13H25N3O2/c1-15(2)13(18)16-7-5-11(6-8-16)14-9-12(17)10-3-4-10/h10-12,14,17H,3-9H2,1-2H3. The molecule has 2 aliphatic rings. The first-order valence-electron chi connectivity index (χ1n) is 6.95. The van der Waals surface area contributed by atoms with Gasteiger partial charge in [0.2, 0.25) is 0 Å². The van der Waals surface area contributed by atoms with E-state index in [0.29, 0.717) is 18.5 Å². The first-order chi connectivity index (χ1) is 8.58. The molecule has 104 valence electrons. The van der Waals surface area contributed by atoms with E-state index < -0.39 is 0 Å². The molecule has 1 saturated heterocycles. The zero-order valence-electron chi connectivity index (χ0n) is 11.4. The Balaban J connectivity index is 1.65. The molecule has 2 amide bonds. The molecule has 1 aliphatic carbocycles. The molecule has 0 bridgehead atoms. The van der Waals surface area contributed by atoms with Crippen molar-refractivity contribution in [2.24, 2.45) is 5.92 Å². The first kappa shape index (κ1) is 13.6. The van der Waals surface area contributed by atoms with Crippen molar-refractivity contribution >= 4 is 6.03 Å². The Labute approximate surface area is 109 Å². The van der Waals surface area contributed by atoms with Crippen LogP contribution in [-0.4, -0.2) is 66.8 Å². The summed E-state index contributed by atoms with van der Waals surface area (Å²) in [5.74, 6) is 0.535. The van der Waals surface area contributed by atoms with Gasteiger partial charge in [-0.3, -0.25) is 0 Å². The van der Waals surface area contributed by atoms with Gasteiger partial charge < -0.3 is 20.2 Å². The van der Waals surface area contributed by atoms with Crippen LogP contribution in [0.1, 0.15) is 25.7 Å². The van der Waals surface area contributed by atoms with Crippen LogP contribution >= 0.6 is 0 Å². The van der Waals surface area contributed by atoms with Gasteiger partial charge in [0.05, 0.1) is 6.10 Å². The van der Waals surface area contributed by atoms with Crippen LogP contribution in [0.5, 0.6) is 0 Å². The molecule has 0 aromatic heterocycles. The normalized spacial score (nSPS) is 22.9. The van der Waals surface area contributed by atoms with Crippen molar-refractivity contribution in [2.45, 2.75) is 37.8 Å². The molecule has 5 nitrogen and oxygen atoms in total. The average Bonchev–Trinajstić information content (AvgIpc) is 3.20. The van der Waals surface area contributed by atoms with Crippen molar-refractivity contribution in [3.05, 3.63) is 0 Å². The van der Waals surface area contributed by atoms with Gasteiger partial charge in [0.15, 0.2) is 0 Å². The molecule has 1 atom stereocenters. The fourth-order valence-corrected chi connectivity index (χ4v) is 2.49. The lowest BCUT2D eigenvalue weighted by molar-refractivity contribution is 0.129. The van der Waals surface area contributed by atoms with Gasteiger partial charge >= 0.3 is 6.03 Å². The van der Waals surface area contributed by atoms with E-state index in [-0.39, 0.29) is 12.1 Å². The fourth-order valence-electron chi connectivity index (χ4n) is 2.49. The Morgan fingerprint density at radius 3 is 2.44 bits per heavy atom. The Kier molecular flexibility index (Phi) is 4.45. The minimum absolute atomic E-state index is 0.103. The quantitative estimate of drug-likeness (QED) is 0.769. The average molecular weight is 255 g/mol. The number of amides is 2. The number of carbonyl (C=O) groups excluding carboxylic acids is 1. The Hall–Kier alpha value is -0.810. The lowest BCUT2D eigenvalue weighted by atomic mass is 10.0. The fraction of sp³-hybridized carbons (Fsp3) is 0.923. The molecule has 1 heterocycles. The van der Waals surface area contributed by atoms with Crippen molar-refractivity contribution < 1.29 is 9.90 Å². The highest BCUT2D eigenvalue weighted by molar-refractivity contribution is 5.73. The third-order valence-electron chi connectivity index (χ3n) is 3.93. The van der Waals surface area contributed by atoms with Crippen LogP contribution in [-0.2, 0) is 0 Å². The second-order valence-electron chi connectivity index (χ2n) is 5.75. The molecule has 2 N–H and O–H groups in total. The molecule has 1 unspecified atom stereocenters. The van der Waals surface area contributed by atoms with Crippen LogP contribution in [0.4, 0.5) is 4.79 Å². The zero-order valence-corrected chi connectivity index (χ0v) is 11.4. The Bertz CT molecular complexity index is 284. The number of nitrogens with zero attached hydrogens (tertiary/aromatic N) is 2. The number of urea groups is 1. The van der Waals surface area contributed by atoms with E-state index in [4.69, 9.17) is 0 Å². The number of piperidine rings is 1. The summed E-state index contributed by atoms with van der Waals surface area (Å²) in [6, 6.07) is 0.552. The summed E-state index contributed by atoms with van der Waals surface area (Å²) in [5.41, 5.74) is 0. The number of rotatable bonds is 4. The number of carbonyl (C=O) groups is 1. The van der Waals surface area contributed by atoms with Crippen LogP contribution in [0.15, 0.2) is 0 Å². The van der Waals surface area contributed by atoms with Gasteiger partial charge in [0.25, 0.3) is 0 Å². The molecular formula is C13H25N3O2. The van der Waals surface area contributed by atoms with Gasteiger partial charge in [-0.05, 0) is 31.6 Å². The lowest BCUT2D eigenvalue weighted by Gasteiger charge is -2.34. The van der Waals surface area contributed by atoms with E-state index in [1.807, 2.05) is 4.90 Å². The SMILES string of the molecule is CN(C)C(=O)N1CCC(NCC(O)C2CC2)CC1. The molecule has 0 aromatic rings. The van der Waals surface area contributed by atoms with Crippen molar-refractivity contribution in [1.29, 1.82) is 0 Å². The molecule has 1 aliphatic heterocycles. The van der Waals surface area contributed by atoms with Crippen LogP contribution in [0.2, 0.25) is 0 Å². The third kappa shape index (κ3) is 3.59. The van der Waals surface area contributed by atoms with E-state index in [1.165, 1.54) is 12.8 Å². The molecule has 0 spiro atoms. The highest BCUT2D eigenvalue weighted by Gasteiger charge is 2.30. The maximum atomic E-state index is 11.8. The number of aliphatic hydroxyl groups is 1. The van der Waals surface area contributed by atoms with Crippen LogP contribution in [0, 0.1) is 5.92 Å². The molecule has 0 radical (unpaired) electrons. The molecule has 5 heteroatoms. The Morgan fingerprint density at radius 1 is 1.33 bits per heavy atom. The summed E-state index contributed by atoms with van der Waals surface area (Å²) in [4.78, 5) is 15.3. The minimum Gasteiger partial charge on any atom is -0.392 e. The highest BCUT2D eigenvalue weighted by atomic mass is 16.3. The predicted octanol–water partition coefficient (Wildman–Crippen LogP) is 0.493. The monoisotopic (exact) mass is 255 g/mol. The first-order valence-corrected chi connectivity index (χ1v) is 6.95. The van der Waals surface area contributed by atoms with Gasteiger partial charge in [-0.2, -0.15) is 0 Å². The smallest absolute Gasteiger partial charge is 0.319 e. The van der Waals surface area contributed by atoms with Crippen molar-refractivity contribution in [3.63, 3.8) is 0 Å². The van der Waals surface area contributed by atoms with E-state index >= 15 is 0 Å². The summed E-state index contributed by atoms with van der Waals surface area (Å²) in [6.07, 6.45) is 4.15. The van der Waals surface area contributed by atoms with Crippen LogP contribution < -0.4 is 5.32 Å². The van der Waals surface area contributed by atoms with Crippen LogP contribution in [0.3, 0.4) is 0 Å². The Morgan fingerprint density at radius 2 is 1.94 bits per heavy atom. The van der Waals surface area contributed by atoms with Crippen molar-refractivity contribution in [1.82, 2.24) is 15.1 Å². The maximum absolute atomic E-state index is 11.8. The second kappa shape index (κ2) is 5.89. The van der Waals surface area contributed by atoms with E-state index in [9.17, 15) is 9.90 Å². The number of nitrogens with one attached hydrogen (secondary N) is 1. The number of aliphatic hydroxyl groups excluding tert-OH is 1. The summed E-state index contributed by atoms with van der Waals surface area (Å²) < 4.78 is 0. The summed E-state index contributed by atoms with van der Waals surface area (Å²) in [7, 11) is 3.58. The number of likely N-dealkylation sites (tertiary alicyclic amines) is 1. The third-order valence-corrected chi connectivity index (χ3v) is 3.93. The lowest BCUT2D eigenvalue weighted by Crippen LogP contribution is -2.49. The second-order valence-corrected chi connectivity index (χ2v) is 5.75. The number of hydrogen-bond acceptors (Lipinski definition) is 3. The molecule has 2 rings (SSSR count). The van der Waals surface area contributed by atoms with Gasteiger partial charge in [-0.1, -0.05) is 0 Å². The largest absolute Gasteiger partial charge is 0.392 e. The minimum atomic E-state index is -0.175. The highest BCUT2D eigenvalue weighted by Crippen LogP contribution is 2.32. The molecule has 2 fully saturated rings. The van der Waals surface area contributed by atoms with E-state index in [1.54, 1.807) is 19.0 Å². The maximum Gasteiger partial charge on any atom is 0.319 e. The molecular weight excluding hydrogens is 230 g/mol. The predicted molar refractivity (Wildman–Crippen MR) is 70.4 cm³/mol. The molecule has 1 saturated carbocycles. The molecule has 18 heavy (non-hydrogen) atoms. The van der Waals surface area contributed by atoms with Gasteiger partial charge in [-0.15, -0.1) is 0 Å². The summed E-state index contributed by atoms with van der Waals surface area (Å²) in [5, 5.41) is 13.2.